The number of amides is 5. The lowest BCUT2D eigenvalue weighted by Gasteiger charge is -2.22. The Kier molecular flexibility index (Phi) is 4.15. The van der Waals surface area contributed by atoms with Crippen molar-refractivity contribution in [3.63, 3.8) is 0 Å². The molecule has 28 heavy (non-hydrogen) atoms. The summed E-state index contributed by atoms with van der Waals surface area (Å²) >= 11 is 0. The van der Waals surface area contributed by atoms with Crippen molar-refractivity contribution in [2.45, 2.75) is 25.7 Å². The molecule has 140 valence electrons. The molecule has 8 nitrogen and oxygen atoms in total. The Labute approximate surface area is 159 Å². The van der Waals surface area contributed by atoms with Crippen LogP contribution in [0, 0.1) is 23.7 Å². The van der Waals surface area contributed by atoms with E-state index in [1.165, 1.54) is 12.1 Å². The van der Waals surface area contributed by atoms with Crippen LogP contribution in [0.2, 0.25) is 0 Å². The molecule has 1 unspecified atom stereocenters. The summed E-state index contributed by atoms with van der Waals surface area (Å²) in [5.74, 6) is 0.906. The maximum atomic E-state index is 12.7. The van der Waals surface area contributed by atoms with Crippen LogP contribution in [0.15, 0.2) is 18.2 Å². The zero-order valence-corrected chi connectivity index (χ0v) is 14.6. The fraction of sp³-hybridized carbons (Fsp3) is 0.300. The van der Waals surface area contributed by atoms with Gasteiger partial charge in [0.2, 0.25) is 17.7 Å². The van der Waals surface area contributed by atoms with Crippen molar-refractivity contribution in [2.24, 2.45) is 11.8 Å². The Morgan fingerprint density at radius 3 is 2.43 bits per heavy atom. The Hall–Kier alpha value is -3.60. The minimum Gasteiger partial charge on any atom is -0.300 e. The normalized spacial score (nSPS) is 21.6. The average molecular weight is 378 g/mol. The van der Waals surface area contributed by atoms with Gasteiger partial charge in [0.25, 0.3) is 11.8 Å². The quantitative estimate of drug-likeness (QED) is 0.424. The molecule has 1 aromatic carbocycles. The molecule has 0 spiro atoms. The van der Waals surface area contributed by atoms with E-state index < -0.39 is 35.5 Å². The highest BCUT2D eigenvalue weighted by Crippen LogP contribution is 2.27. The van der Waals surface area contributed by atoms with Crippen LogP contribution >= 0.6 is 0 Å². The predicted molar refractivity (Wildman–Crippen MR) is 92.4 cm³/mol. The van der Waals surface area contributed by atoms with Gasteiger partial charge < -0.3 is 0 Å². The van der Waals surface area contributed by atoms with Crippen molar-refractivity contribution < 1.29 is 28.8 Å². The van der Waals surface area contributed by atoms with Crippen molar-refractivity contribution >= 4 is 35.3 Å². The molecule has 5 amide bonds. The second kappa shape index (κ2) is 6.53. The van der Waals surface area contributed by atoms with E-state index in [0.717, 1.165) is 0 Å². The zero-order valence-electron chi connectivity index (χ0n) is 14.6. The lowest BCUT2D eigenvalue weighted by Crippen LogP contribution is -2.50. The summed E-state index contributed by atoms with van der Waals surface area (Å²) in [6, 6.07) is 4.42. The Morgan fingerprint density at radius 2 is 1.75 bits per heavy atom. The van der Waals surface area contributed by atoms with Gasteiger partial charge in [-0.25, -0.2) is 4.90 Å². The number of rotatable bonds is 1. The number of hydrogen-bond acceptors (Lipinski definition) is 6. The zero-order chi connectivity index (χ0) is 20.0. The lowest BCUT2D eigenvalue weighted by atomic mass is 9.84. The Morgan fingerprint density at radius 1 is 1.04 bits per heavy atom. The molecule has 1 aliphatic carbocycles. The van der Waals surface area contributed by atoms with Gasteiger partial charge in [-0.15, -0.1) is 0 Å². The molecular weight excluding hydrogens is 364 g/mol. The number of carbonyl (C=O) groups excluding carboxylic acids is 6. The minimum absolute atomic E-state index is 0.00342. The van der Waals surface area contributed by atoms with Crippen LogP contribution in [0.3, 0.4) is 0 Å². The van der Waals surface area contributed by atoms with Crippen molar-refractivity contribution in [1.82, 2.24) is 10.2 Å². The van der Waals surface area contributed by atoms with E-state index in [1.54, 1.807) is 6.07 Å². The van der Waals surface area contributed by atoms with Crippen LogP contribution in [0.25, 0.3) is 0 Å². The summed E-state index contributed by atoms with van der Waals surface area (Å²) in [7, 11) is 0. The maximum absolute atomic E-state index is 12.7. The smallest absolute Gasteiger partial charge is 0.268 e. The third-order valence-electron chi connectivity index (χ3n) is 5.01. The molecule has 1 aromatic rings. The van der Waals surface area contributed by atoms with Crippen LogP contribution in [0.1, 0.15) is 52.0 Å². The first-order valence-electron chi connectivity index (χ1n) is 8.79. The molecule has 1 N–H and O–H groups in total. The highest BCUT2D eigenvalue weighted by atomic mass is 16.2. The molecular formula is C20H14N2O6. The van der Waals surface area contributed by atoms with E-state index in [1.807, 2.05) is 5.32 Å². The molecule has 0 bridgehead atoms. The number of nitrogens with zero attached hydrogens (tertiary/aromatic N) is 1. The first kappa shape index (κ1) is 17.8. The fourth-order valence-corrected chi connectivity index (χ4v) is 3.38. The number of nitrogens with one attached hydrogen (secondary N) is 1. The standard InChI is InChI=1S/C20H14N2O6/c23-12-7-11(8-12)2-1-10-3-4-13-15(9-10)20(28)22(18(13)26)19(27)14-5-6-16(24)21-17(14)25/h3-4,9,11,14H,5-8H2,(H,21,24,25). The highest BCUT2D eigenvalue weighted by molar-refractivity contribution is 6.31. The van der Waals surface area contributed by atoms with Crippen molar-refractivity contribution in [1.29, 1.82) is 0 Å². The molecule has 1 saturated carbocycles. The van der Waals surface area contributed by atoms with Gasteiger partial charge in [0.1, 0.15) is 11.7 Å². The molecule has 0 radical (unpaired) electrons. The molecule has 1 saturated heterocycles. The molecule has 2 heterocycles. The maximum Gasteiger partial charge on any atom is 0.268 e. The first-order chi connectivity index (χ1) is 13.3. The minimum atomic E-state index is -1.25. The molecule has 3 aliphatic rings. The molecule has 1 atom stereocenters. The van der Waals surface area contributed by atoms with Crippen LogP contribution in [-0.2, 0) is 19.2 Å². The lowest BCUT2D eigenvalue weighted by molar-refractivity contribution is -0.143. The third kappa shape index (κ3) is 2.91. The molecule has 2 aliphatic heterocycles. The van der Waals surface area contributed by atoms with Gasteiger partial charge in [0.05, 0.1) is 11.1 Å². The second-order valence-corrected chi connectivity index (χ2v) is 6.96. The Bertz CT molecular complexity index is 1040. The molecule has 4 rings (SSSR count). The van der Waals surface area contributed by atoms with Crippen LogP contribution < -0.4 is 5.32 Å². The summed E-state index contributed by atoms with van der Waals surface area (Å²) < 4.78 is 0. The largest absolute Gasteiger partial charge is 0.300 e. The summed E-state index contributed by atoms with van der Waals surface area (Å²) in [5, 5.41) is 2.04. The van der Waals surface area contributed by atoms with Gasteiger partial charge >= 0.3 is 0 Å². The van der Waals surface area contributed by atoms with E-state index in [4.69, 9.17) is 0 Å². The predicted octanol–water partition coefficient (Wildman–Crippen LogP) is 0.193. The van der Waals surface area contributed by atoms with Crippen LogP contribution in [0.4, 0.5) is 0 Å². The molecule has 2 fully saturated rings. The topological polar surface area (TPSA) is 118 Å². The van der Waals surface area contributed by atoms with Gasteiger partial charge in [-0.1, -0.05) is 11.8 Å². The first-order valence-corrected chi connectivity index (χ1v) is 8.79. The number of ketones is 1. The van der Waals surface area contributed by atoms with Crippen LogP contribution in [-0.4, -0.2) is 40.2 Å². The number of Topliss-reactive ketones (excluding diaryl/α,β-unsaturated/α-hetero) is 1. The summed E-state index contributed by atoms with van der Waals surface area (Å²) in [4.78, 5) is 72.4. The van der Waals surface area contributed by atoms with Crippen LogP contribution in [0.5, 0.6) is 0 Å². The number of piperidine rings is 1. The third-order valence-corrected chi connectivity index (χ3v) is 5.01. The van der Waals surface area contributed by atoms with Crippen molar-refractivity contribution in [2.75, 3.05) is 0 Å². The van der Waals surface area contributed by atoms with Gasteiger partial charge in [0, 0.05) is 30.7 Å². The second-order valence-electron chi connectivity index (χ2n) is 6.96. The van der Waals surface area contributed by atoms with Crippen molar-refractivity contribution in [3.8, 4) is 11.8 Å². The Balaban J connectivity index is 1.57. The molecule has 0 aromatic heterocycles. The van der Waals surface area contributed by atoms with E-state index in [-0.39, 0.29) is 35.7 Å². The number of carbonyl (C=O) groups is 6. The summed E-state index contributed by atoms with van der Waals surface area (Å²) in [6.07, 6.45) is 0.760. The number of hydrogen-bond donors (Lipinski definition) is 1. The molecule has 8 heteroatoms. The number of benzene rings is 1. The van der Waals surface area contributed by atoms with Crippen molar-refractivity contribution in [3.05, 3.63) is 34.9 Å². The fourth-order valence-electron chi connectivity index (χ4n) is 3.38. The number of imide groups is 4. The van der Waals surface area contributed by atoms with E-state index >= 15 is 0 Å². The average Bonchev–Trinajstić information content (AvgIpc) is 2.88. The van der Waals surface area contributed by atoms with Gasteiger partial charge in [-0.2, -0.15) is 0 Å². The summed E-state index contributed by atoms with van der Waals surface area (Å²) in [5.41, 5.74) is 0.603. The SMILES string of the molecule is O=C1CC(C#Cc2ccc3c(c2)C(=O)N(C(=O)C2CCC(=O)NC2=O)C3=O)C1. The summed E-state index contributed by atoms with van der Waals surface area (Å²) in [6.45, 7) is 0. The van der Waals surface area contributed by atoms with Gasteiger partial charge in [0.15, 0.2) is 0 Å². The van der Waals surface area contributed by atoms with E-state index in [2.05, 4.69) is 11.8 Å². The van der Waals surface area contributed by atoms with E-state index in [9.17, 15) is 28.8 Å². The van der Waals surface area contributed by atoms with Gasteiger partial charge in [-0.05, 0) is 24.6 Å². The van der Waals surface area contributed by atoms with Gasteiger partial charge in [-0.3, -0.25) is 34.1 Å². The monoisotopic (exact) mass is 378 g/mol. The van der Waals surface area contributed by atoms with E-state index in [0.29, 0.717) is 23.3 Å². The number of fused-ring (bicyclic) bond motifs is 1. The highest BCUT2D eigenvalue weighted by Gasteiger charge is 2.45.